The first-order valence-electron chi connectivity index (χ1n) is 7.41. The molecule has 2 aliphatic rings. The Morgan fingerprint density at radius 2 is 1.77 bits per heavy atom. The third-order valence-electron chi connectivity index (χ3n) is 4.43. The molecule has 1 N–H and O–H groups in total. The Bertz CT molecular complexity index is 563. The molecule has 0 radical (unpaired) electrons. The van der Waals surface area contributed by atoms with Crippen molar-refractivity contribution in [1.29, 1.82) is 0 Å². The molecular formula is C14H23NO6S. The second kappa shape index (κ2) is 5.40. The summed E-state index contributed by atoms with van der Waals surface area (Å²) in [6.07, 6.45) is 0.0849. The summed E-state index contributed by atoms with van der Waals surface area (Å²) in [7, 11) is -3.15. The number of nitrogens with zero attached hydrogens (tertiary/aromatic N) is 1. The lowest BCUT2D eigenvalue weighted by molar-refractivity contribution is -0.145. The largest absolute Gasteiger partial charge is 0.481 e. The van der Waals surface area contributed by atoms with E-state index in [1.165, 1.54) is 4.90 Å². The van der Waals surface area contributed by atoms with E-state index in [0.717, 1.165) is 0 Å². The molecule has 0 bridgehead atoms. The molecule has 2 saturated heterocycles. The van der Waals surface area contributed by atoms with Gasteiger partial charge in [-0.25, -0.2) is 13.2 Å². The van der Waals surface area contributed by atoms with Crippen molar-refractivity contribution in [2.24, 2.45) is 5.92 Å². The van der Waals surface area contributed by atoms with Crippen molar-refractivity contribution >= 4 is 21.9 Å². The van der Waals surface area contributed by atoms with Crippen LogP contribution in [0.15, 0.2) is 0 Å². The summed E-state index contributed by atoms with van der Waals surface area (Å²) >= 11 is 0. The number of hydrogen-bond acceptors (Lipinski definition) is 5. The Balaban J connectivity index is 2.30. The van der Waals surface area contributed by atoms with Gasteiger partial charge in [0, 0.05) is 6.54 Å². The van der Waals surface area contributed by atoms with Crippen molar-refractivity contribution in [2.75, 3.05) is 18.1 Å². The topological polar surface area (TPSA) is 101 Å². The minimum Gasteiger partial charge on any atom is -0.481 e. The van der Waals surface area contributed by atoms with Crippen molar-refractivity contribution in [3.63, 3.8) is 0 Å². The zero-order valence-electron chi connectivity index (χ0n) is 13.2. The van der Waals surface area contributed by atoms with E-state index >= 15 is 0 Å². The molecule has 7 nitrogen and oxygen atoms in total. The molecule has 0 saturated carbocycles. The summed E-state index contributed by atoms with van der Waals surface area (Å²) in [5.74, 6) is -1.90. The second-order valence-corrected chi connectivity index (χ2v) is 9.37. The minimum absolute atomic E-state index is 0.0872. The summed E-state index contributed by atoms with van der Waals surface area (Å²) in [5.41, 5.74) is -1.63. The third kappa shape index (κ3) is 3.21. The number of carbonyl (C=O) groups is 2. The molecule has 1 unspecified atom stereocenters. The van der Waals surface area contributed by atoms with Gasteiger partial charge in [-0.1, -0.05) is 0 Å². The van der Waals surface area contributed by atoms with Gasteiger partial charge in [-0.15, -0.1) is 0 Å². The summed E-state index contributed by atoms with van der Waals surface area (Å²) in [4.78, 5) is 25.4. The van der Waals surface area contributed by atoms with Gasteiger partial charge >= 0.3 is 12.1 Å². The van der Waals surface area contributed by atoms with E-state index in [9.17, 15) is 23.1 Å². The van der Waals surface area contributed by atoms with Gasteiger partial charge in [-0.3, -0.25) is 4.79 Å². The van der Waals surface area contributed by atoms with Gasteiger partial charge < -0.3 is 14.7 Å². The molecule has 0 aromatic heterocycles. The van der Waals surface area contributed by atoms with Crippen molar-refractivity contribution < 1.29 is 27.9 Å². The number of aliphatic carboxylic acids is 1. The fraction of sp³-hybridized carbons (Fsp3) is 0.857. The fourth-order valence-corrected chi connectivity index (χ4v) is 4.92. The second-order valence-electron chi connectivity index (χ2n) is 7.07. The lowest BCUT2D eigenvalue weighted by Gasteiger charge is -2.43. The molecule has 0 aromatic carbocycles. The maximum atomic E-state index is 12.4. The number of amides is 1. The van der Waals surface area contributed by atoms with Gasteiger partial charge in [0.1, 0.15) is 15.4 Å². The van der Waals surface area contributed by atoms with E-state index in [2.05, 4.69) is 0 Å². The van der Waals surface area contributed by atoms with Crippen LogP contribution in [0.2, 0.25) is 0 Å². The van der Waals surface area contributed by atoms with Crippen LogP contribution in [0.3, 0.4) is 0 Å². The van der Waals surface area contributed by atoms with Crippen molar-refractivity contribution in [2.45, 2.75) is 51.2 Å². The smallest absolute Gasteiger partial charge is 0.410 e. The minimum atomic E-state index is -3.15. The molecule has 22 heavy (non-hydrogen) atoms. The number of hydrogen-bond donors (Lipinski definition) is 1. The lowest BCUT2D eigenvalue weighted by Crippen LogP contribution is -2.57. The van der Waals surface area contributed by atoms with E-state index in [0.29, 0.717) is 6.42 Å². The summed E-state index contributed by atoms with van der Waals surface area (Å²) in [6.45, 7) is 5.51. The van der Waals surface area contributed by atoms with Crippen LogP contribution in [0.4, 0.5) is 4.79 Å². The number of carboxylic acid groups (broad SMARTS) is 1. The lowest BCUT2D eigenvalue weighted by atomic mass is 9.80. The molecule has 1 amide bonds. The van der Waals surface area contributed by atoms with Crippen LogP contribution < -0.4 is 0 Å². The highest BCUT2D eigenvalue weighted by atomic mass is 32.2. The number of ether oxygens (including phenoxy) is 1. The summed E-state index contributed by atoms with van der Waals surface area (Å²) in [5, 5.41) is 9.46. The van der Waals surface area contributed by atoms with E-state index in [-0.39, 0.29) is 30.9 Å². The van der Waals surface area contributed by atoms with Crippen LogP contribution in [0.1, 0.15) is 40.0 Å². The number of sulfone groups is 1. The highest BCUT2D eigenvalue weighted by molar-refractivity contribution is 7.91. The Kier molecular flexibility index (Phi) is 4.18. The standard InChI is InChI=1S/C14H23NO6S/c1-13(2,3)21-12(18)15-7-4-10(11(16)17)14(15)5-8-22(19,20)9-6-14/h10H,4-9H2,1-3H3,(H,16,17). The van der Waals surface area contributed by atoms with Gasteiger partial charge in [0.15, 0.2) is 0 Å². The van der Waals surface area contributed by atoms with E-state index in [1.807, 2.05) is 0 Å². The Morgan fingerprint density at radius 3 is 2.23 bits per heavy atom. The highest BCUT2D eigenvalue weighted by Gasteiger charge is 2.56. The molecule has 126 valence electrons. The zero-order valence-corrected chi connectivity index (χ0v) is 14.0. The quantitative estimate of drug-likeness (QED) is 0.775. The maximum absolute atomic E-state index is 12.4. The average Bonchev–Trinajstić information content (AvgIpc) is 2.71. The molecule has 0 aromatic rings. The summed E-state index contributed by atoms with van der Waals surface area (Å²) < 4.78 is 28.8. The van der Waals surface area contributed by atoms with Gasteiger partial charge in [-0.2, -0.15) is 0 Å². The van der Waals surface area contributed by atoms with Gasteiger partial charge in [0.2, 0.25) is 0 Å². The predicted molar refractivity (Wildman–Crippen MR) is 79.3 cm³/mol. The molecule has 8 heteroatoms. The number of carboxylic acids is 1. The number of carbonyl (C=O) groups excluding carboxylic acids is 1. The number of rotatable bonds is 1. The van der Waals surface area contributed by atoms with Crippen LogP contribution in [0.25, 0.3) is 0 Å². The average molecular weight is 333 g/mol. The molecule has 2 fully saturated rings. The molecule has 2 aliphatic heterocycles. The monoisotopic (exact) mass is 333 g/mol. The molecule has 2 heterocycles. The molecular weight excluding hydrogens is 310 g/mol. The SMILES string of the molecule is CC(C)(C)OC(=O)N1CCC(C(=O)O)C12CCS(=O)(=O)CC2. The van der Waals surface area contributed by atoms with E-state index in [4.69, 9.17) is 4.74 Å². The first kappa shape index (κ1) is 17.1. The number of likely N-dealkylation sites (tertiary alicyclic amines) is 1. The molecule has 0 aliphatic carbocycles. The molecule has 2 rings (SSSR count). The third-order valence-corrected chi connectivity index (χ3v) is 6.08. The summed E-state index contributed by atoms with van der Waals surface area (Å²) in [6, 6.07) is 0. The van der Waals surface area contributed by atoms with Crippen LogP contribution in [0, 0.1) is 5.92 Å². The Hall–Kier alpha value is -1.31. The zero-order chi connectivity index (χ0) is 16.8. The normalized spacial score (nSPS) is 26.9. The maximum Gasteiger partial charge on any atom is 0.410 e. The Labute approximate surface area is 130 Å². The van der Waals surface area contributed by atoms with Crippen LogP contribution in [-0.2, 0) is 19.4 Å². The first-order valence-corrected chi connectivity index (χ1v) is 9.23. The van der Waals surface area contributed by atoms with E-state index < -0.39 is 39.0 Å². The van der Waals surface area contributed by atoms with Gasteiger partial charge in [0.05, 0.1) is 23.0 Å². The van der Waals surface area contributed by atoms with Gasteiger partial charge in [-0.05, 0) is 40.0 Å². The molecule has 1 atom stereocenters. The van der Waals surface area contributed by atoms with Crippen molar-refractivity contribution in [1.82, 2.24) is 4.90 Å². The van der Waals surface area contributed by atoms with Crippen molar-refractivity contribution in [3.05, 3.63) is 0 Å². The molecule has 1 spiro atoms. The van der Waals surface area contributed by atoms with Crippen LogP contribution >= 0.6 is 0 Å². The fourth-order valence-electron chi connectivity index (χ4n) is 3.39. The van der Waals surface area contributed by atoms with Crippen LogP contribution in [0.5, 0.6) is 0 Å². The van der Waals surface area contributed by atoms with E-state index in [1.54, 1.807) is 20.8 Å². The first-order chi connectivity index (χ1) is 9.97. The van der Waals surface area contributed by atoms with Crippen LogP contribution in [-0.4, -0.2) is 59.7 Å². The van der Waals surface area contributed by atoms with Gasteiger partial charge in [0.25, 0.3) is 0 Å². The predicted octanol–water partition coefficient (Wildman–Crippen LogP) is 1.28. The van der Waals surface area contributed by atoms with Crippen molar-refractivity contribution in [3.8, 4) is 0 Å². The highest BCUT2D eigenvalue weighted by Crippen LogP contribution is 2.44. The Morgan fingerprint density at radius 1 is 1.23 bits per heavy atom.